The SMILES string of the molecule is COc1ccc2c(/C=C(\C)C(=O)c3cc(OC)c(OC)c([Se]C)c3)cn(C)c2c1. The summed E-state index contributed by atoms with van der Waals surface area (Å²) in [7, 11) is 6.85. The summed E-state index contributed by atoms with van der Waals surface area (Å²) in [6.07, 6.45) is 3.96. The molecule has 1 heterocycles. The maximum absolute atomic E-state index is 13.1. The number of carbonyl (C=O) groups is 1. The summed E-state index contributed by atoms with van der Waals surface area (Å²) in [6.45, 7) is 1.85. The van der Waals surface area contributed by atoms with Crippen molar-refractivity contribution in [1.29, 1.82) is 0 Å². The van der Waals surface area contributed by atoms with Gasteiger partial charge in [0.15, 0.2) is 0 Å². The quantitative estimate of drug-likeness (QED) is 0.307. The van der Waals surface area contributed by atoms with Crippen LogP contribution in [0.25, 0.3) is 17.0 Å². The molecule has 2 aromatic carbocycles. The van der Waals surface area contributed by atoms with Gasteiger partial charge in [0, 0.05) is 0 Å². The fourth-order valence-corrected chi connectivity index (χ4v) is 4.66. The Hall–Kier alpha value is -2.69. The Labute approximate surface area is 177 Å². The van der Waals surface area contributed by atoms with Crippen molar-refractivity contribution in [3.8, 4) is 17.2 Å². The van der Waals surface area contributed by atoms with E-state index in [1.54, 1.807) is 27.4 Å². The first-order valence-electron chi connectivity index (χ1n) is 9.09. The monoisotopic (exact) mass is 459 g/mol. The van der Waals surface area contributed by atoms with Gasteiger partial charge in [-0.25, -0.2) is 0 Å². The fourth-order valence-electron chi connectivity index (χ4n) is 3.38. The summed E-state index contributed by atoms with van der Waals surface area (Å²) in [5.41, 5.74) is 3.32. The normalized spacial score (nSPS) is 11.6. The predicted octanol–water partition coefficient (Wildman–Crippen LogP) is 3.87. The van der Waals surface area contributed by atoms with E-state index in [9.17, 15) is 4.79 Å². The number of benzene rings is 2. The summed E-state index contributed by atoms with van der Waals surface area (Å²) in [5.74, 6) is 4.16. The molecule has 0 radical (unpaired) electrons. The van der Waals surface area contributed by atoms with Crippen LogP contribution in [0.4, 0.5) is 0 Å². The molecule has 0 aliphatic heterocycles. The molecular formula is C23H25NO4Se. The average molecular weight is 458 g/mol. The molecule has 0 spiro atoms. The molecule has 3 rings (SSSR count). The second-order valence-electron chi connectivity index (χ2n) is 6.65. The Morgan fingerprint density at radius 1 is 1.07 bits per heavy atom. The number of aromatic nitrogens is 1. The van der Waals surface area contributed by atoms with E-state index in [-0.39, 0.29) is 20.7 Å². The zero-order chi connectivity index (χ0) is 21.1. The van der Waals surface area contributed by atoms with Crippen LogP contribution in [-0.4, -0.2) is 46.6 Å². The van der Waals surface area contributed by atoms with Crippen LogP contribution < -0.4 is 18.7 Å². The molecule has 0 atom stereocenters. The van der Waals surface area contributed by atoms with E-state index in [1.807, 2.05) is 55.1 Å². The zero-order valence-electron chi connectivity index (χ0n) is 17.5. The van der Waals surface area contributed by atoms with Crippen LogP contribution >= 0.6 is 0 Å². The molecule has 0 aliphatic carbocycles. The van der Waals surface area contributed by atoms with E-state index < -0.39 is 0 Å². The Morgan fingerprint density at radius 3 is 2.45 bits per heavy atom. The number of carbonyl (C=O) groups excluding carboxylic acids is 1. The Morgan fingerprint density at radius 2 is 1.83 bits per heavy atom. The second kappa shape index (κ2) is 8.76. The Bertz CT molecular complexity index is 1070. The standard InChI is InChI=1S/C23H25NO4Se/c1-14(9-16-13-24(2)19-12-17(26-3)7-8-18(16)19)22(25)15-10-20(27-4)23(28-5)21(11-15)29-6/h7-13H,1-6H3/b14-9+. The van der Waals surface area contributed by atoms with Gasteiger partial charge in [-0.2, -0.15) is 0 Å². The first-order chi connectivity index (χ1) is 13.9. The molecule has 0 N–H and O–H groups in total. The number of ketones is 1. The van der Waals surface area contributed by atoms with Crippen LogP contribution in [0.3, 0.4) is 0 Å². The Kier molecular flexibility index (Phi) is 6.36. The number of rotatable bonds is 7. The number of aryl methyl sites for hydroxylation is 1. The van der Waals surface area contributed by atoms with E-state index in [0.29, 0.717) is 22.6 Å². The van der Waals surface area contributed by atoms with Gasteiger partial charge in [0.05, 0.1) is 7.11 Å². The molecule has 6 heteroatoms. The van der Waals surface area contributed by atoms with Gasteiger partial charge in [0.25, 0.3) is 0 Å². The molecule has 3 aromatic rings. The van der Waals surface area contributed by atoms with Crippen LogP contribution in [-0.2, 0) is 7.05 Å². The molecule has 0 bridgehead atoms. The van der Waals surface area contributed by atoms with Crippen molar-refractivity contribution in [1.82, 2.24) is 4.57 Å². The molecule has 5 nitrogen and oxygen atoms in total. The van der Waals surface area contributed by atoms with Crippen molar-refractivity contribution in [2.24, 2.45) is 7.05 Å². The molecule has 0 amide bonds. The topological polar surface area (TPSA) is 49.7 Å². The third-order valence-corrected chi connectivity index (χ3v) is 6.44. The predicted molar refractivity (Wildman–Crippen MR) is 118 cm³/mol. The number of nitrogens with zero attached hydrogens (tertiary/aromatic N) is 1. The molecule has 1 aromatic heterocycles. The van der Waals surface area contributed by atoms with Crippen LogP contribution in [0, 0.1) is 0 Å². The number of hydrogen-bond acceptors (Lipinski definition) is 4. The van der Waals surface area contributed by atoms with Gasteiger partial charge >= 0.3 is 170 Å². The molecule has 0 unspecified atom stereocenters. The van der Waals surface area contributed by atoms with E-state index in [2.05, 4.69) is 5.82 Å². The summed E-state index contributed by atoms with van der Waals surface area (Å²) < 4.78 is 19.3. The maximum atomic E-state index is 13.1. The minimum absolute atomic E-state index is 0.0260. The third kappa shape index (κ3) is 4.04. The fraction of sp³-hybridized carbons (Fsp3) is 0.261. The molecule has 0 fully saturated rings. The zero-order valence-corrected chi connectivity index (χ0v) is 19.2. The summed E-state index contributed by atoms with van der Waals surface area (Å²) >= 11 is 0.168. The van der Waals surface area contributed by atoms with Crippen LogP contribution in [0.1, 0.15) is 22.8 Å². The molecule has 0 saturated carbocycles. The van der Waals surface area contributed by atoms with Gasteiger partial charge in [-0.1, -0.05) is 0 Å². The third-order valence-electron chi connectivity index (χ3n) is 4.89. The number of allylic oxidation sites excluding steroid dienone is 1. The number of fused-ring (bicyclic) bond motifs is 1. The molecule has 0 aliphatic rings. The Balaban J connectivity index is 2.03. The van der Waals surface area contributed by atoms with Gasteiger partial charge in [-0.15, -0.1) is 0 Å². The number of Topliss-reactive ketones (excluding diaryl/α,β-unsaturated/α-hetero) is 1. The summed E-state index contributed by atoms with van der Waals surface area (Å²) in [6, 6.07) is 9.61. The number of hydrogen-bond donors (Lipinski definition) is 0. The van der Waals surface area contributed by atoms with E-state index >= 15 is 0 Å². The molecule has 29 heavy (non-hydrogen) atoms. The second-order valence-corrected chi connectivity index (χ2v) is 8.43. The average Bonchev–Trinajstić information content (AvgIpc) is 3.06. The van der Waals surface area contributed by atoms with E-state index in [0.717, 1.165) is 26.7 Å². The van der Waals surface area contributed by atoms with Crippen LogP contribution in [0.2, 0.25) is 5.82 Å². The van der Waals surface area contributed by atoms with Gasteiger partial charge in [-0.3, -0.25) is 0 Å². The first-order valence-corrected chi connectivity index (χ1v) is 11.7. The first kappa shape index (κ1) is 21.0. The van der Waals surface area contributed by atoms with Crippen molar-refractivity contribution in [2.45, 2.75) is 12.7 Å². The summed E-state index contributed by atoms with van der Waals surface area (Å²) in [5, 5.41) is 1.07. The van der Waals surface area contributed by atoms with Crippen LogP contribution in [0.15, 0.2) is 42.1 Å². The van der Waals surface area contributed by atoms with Gasteiger partial charge in [0.1, 0.15) is 0 Å². The van der Waals surface area contributed by atoms with Crippen LogP contribution in [0.5, 0.6) is 17.2 Å². The van der Waals surface area contributed by atoms with Gasteiger partial charge < -0.3 is 0 Å². The van der Waals surface area contributed by atoms with Crippen molar-refractivity contribution in [2.75, 3.05) is 21.3 Å². The minimum atomic E-state index is -0.0260. The number of methoxy groups -OCH3 is 3. The van der Waals surface area contributed by atoms with Crippen molar-refractivity contribution in [3.63, 3.8) is 0 Å². The molecule has 0 saturated heterocycles. The van der Waals surface area contributed by atoms with Crippen molar-refractivity contribution < 1.29 is 19.0 Å². The van der Waals surface area contributed by atoms with Crippen molar-refractivity contribution >= 4 is 42.2 Å². The van der Waals surface area contributed by atoms with Gasteiger partial charge in [0.2, 0.25) is 0 Å². The summed E-state index contributed by atoms with van der Waals surface area (Å²) in [4.78, 5) is 13.1. The van der Waals surface area contributed by atoms with E-state index in [1.165, 1.54) is 0 Å². The number of ether oxygens (including phenoxy) is 3. The molecular weight excluding hydrogens is 433 g/mol. The van der Waals surface area contributed by atoms with Gasteiger partial charge in [-0.05, 0) is 0 Å². The van der Waals surface area contributed by atoms with E-state index in [4.69, 9.17) is 14.2 Å². The molecule has 152 valence electrons. The van der Waals surface area contributed by atoms with Crippen molar-refractivity contribution in [3.05, 3.63) is 53.2 Å².